The minimum atomic E-state index is 1.01. The maximum atomic E-state index is 3.55. The average molecular weight is 298 g/mol. The molecule has 0 spiro atoms. The first-order valence-corrected chi connectivity index (χ1v) is 6.94. The van der Waals surface area contributed by atoms with Gasteiger partial charge in [-0.3, -0.25) is 4.90 Å². The largest absolute Gasteiger partial charge is 0.383 e. The molecule has 4 heteroatoms. The van der Waals surface area contributed by atoms with Crippen molar-refractivity contribution in [2.75, 3.05) is 51.6 Å². The van der Waals surface area contributed by atoms with Gasteiger partial charge in [0.2, 0.25) is 0 Å². The van der Waals surface area contributed by atoms with Gasteiger partial charge in [-0.1, -0.05) is 12.1 Å². The normalized spacial score (nSPS) is 18.2. The van der Waals surface area contributed by atoms with Crippen molar-refractivity contribution >= 4 is 21.6 Å². The van der Waals surface area contributed by atoms with E-state index in [1.165, 1.54) is 31.9 Å². The van der Waals surface area contributed by atoms with Gasteiger partial charge >= 0.3 is 0 Å². The zero-order valence-corrected chi connectivity index (χ0v) is 11.9. The van der Waals surface area contributed by atoms with Gasteiger partial charge < -0.3 is 10.2 Å². The zero-order chi connectivity index (χ0) is 12.1. The molecule has 1 heterocycles. The Morgan fingerprint density at radius 2 is 1.88 bits per heavy atom. The third kappa shape index (κ3) is 3.98. The molecule has 94 valence electrons. The minimum absolute atomic E-state index is 1.01. The van der Waals surface area contributed by atoms with Gasteiger partial charge in [-0.15, -0.1) is 0 Å². The molecule has 1 aromatic carbocycles. The maximum absolute atomic E-state index is 3.55. The van der Waals surface area contributed by atoms with E-state index in [2.05, 4.69) is 56.3 Å². The van der Waals surface area contributed by atoms with Gasteiger partial charge in [-0.2, -0.15) is 0 Å². The van der Waals surface area contributed by atoms with Gasteiger partial charge in [0.15, 0.2) is 0 Å². The highest BCUT2D eigenvalue weighted by molar-refractivity contribution is 9.10. The number of benzene rings is 1. The van der Waals surface area contributed by atoms with Gasteiger partial charge in [-0.05, 0) is 35.1 Å². The van der Waals surface area contributed by atoms with Crippen LogP contribution in [0.1, 0.15) is 0 Å². The first-order valence-electron chi connectivity index (χ1n) is 6.15. The number of hydrogen-bond donors (Lipinski definition) is 1. The lowest BCUT2D eigenvalue weighted by Gasteiger charge is -2.32. The minimum Gasteiger partial charge on any atom is -0.383 e. The molecule has 1 saturated heterocycles. The summed E-state index contributed by atoms with van der Waals surface area (Å²) < 4.78 is 1.14. The van der Waals surface area contributed by atoms with Gasteiger partial charge in [0, 0.05) is 49.4 Å². The quantitative estimate of drug-likeness (QED) is 0.918. The summed E-state index contributed by atoms with van der Waals surface area (Å²) in [6.07, 6.45) is 0. The first-order chi connectivity index (χ1) is 8.25. The average Bonchev–Trinajstić information content (AvgIpc) is 2.34. The van der Waals surface area contributed by atoms with Crippen LogP contribution in [0.3, 0.4) is 0 Å². The monoisotopic (exact) mass is 297 g/mol. The van der Waals surface area contributed by atoms with Crippen molar-refractivity contribution in [1.82, 2.24) is 9.80 Å². The number of nitrogens with zero attached hydrogens (tertiary/aromatic N) is 2. The molecular formula is C13H20BrN3. The van der Waals surface area contributed by atoms with E-state index in [-0.39, 0.29) is 0 Å². The molecule has 0 atom stereocenters. The molecule has 0 aromatic heterocycles. The molecule has 0 aliphatic carbocycles. The Bertz CT molecular complexity index is 348. The highest BCUT2D eigenvalue weighted by Gasteiger charge is 2.12. The molecule has 2 rings (SSSR count). The van der Waals surface area contributed by atoms with E-state index < -0.39 is 0 Å². The van der Waals surface area contributed by atoms with Crippen LogP contribution in [0, 0.1) is 0 Å². The number of para-hydroxylation sites is 1. The smallest absolute Gasteiger partial charge is 0.0485 e. The molecule has 0 amide bonds. The predicted molar refractivity (Wildman–Crippen MR) is 76.6 cm³/mol. The van der Waals surface area contributed by atoms with Crippen molar-refractivity contribution in [1.29, 1.82) is 0 Å². The number of piperazine rings is 1. The Morgan fingerprint density at radius 3 is 2.59 bits per heavy atom. The van der Waals surface area contributed by atoms with Crippen LogP contribution in [0.5, 0.6) is 0 Å². The van der Waals surface area contributed by atoms with E-state index in [0.717, 1.165) is 17.6 Å². The number of rotatable bonds is 4. The topological polar surface area (TPSA) is 18.5 Å². The standard InChI is InChI=1S/C13H20BrN3/c1-16-8-10-17(11-9-16)7-6-15-13-5-3-2-4-12(13)14/h2-5,15H,6-11H2,1H3. The summed E-state index contributed by atoms with van der Waals surface area (Å²) in [6, 6.07) is 8.27. The van der Waals surface area contributed by atoms with Crippen molar-refractivity contribution in [2.24, 2.45) is 0 Å². The lowest BCUT2D eigenvalue weighted by molar-refractivity contribution is 0.158. The molecule has 0 unspecified atom stereocenters. The van der Waals surface area contributed by atoms with Crippen LogP contribution in [0.4, 0.5) is 5.69 Å². The Labute approximate surface area is 112 Å². The van der Waals surface area contributed by atoms with Crippen molar-refractivity contribution < 1.29 is 0 Å². The first kappa shape index (κ1) is 12.9. The lowest BCUT2D eigenvalue weighted by Crippen LogP contribution is -2.45. The summed E-state index contributed by atoms with van der Waals surface area (Å²) in [5.41, 5.74) is 1.18. The van der Waals surface area contributed by atoms with Crippen LogP contribution in [0.2, 0.25) is 0 Å². The van der Waals surface area contributed by atoms with E-state index in [1.807, 2.05) is 6.07 Å². The van der Waals surface area contributed by atoms with E-state index >= 15 is 0 Å². The Hall–Kier alpha value is -0.580. The Morgan fingerprint density at radius 1 is 1.18 bits per heavy atom. The Balaban J connectivity index is 1.71. The van der Waals surface area contributed by atoms with Crippen LogP contribution < -0.4 is 5.32 Å². The molecule has 17 heavy (non-hydrogen) atoms. The number of halogens is 1. The predicted octanol–water partition coefficient (Wildman–Crippen LogP) is 2.11. The highest BCUT2D eigenvalue weighted by atomic mass is 79.9. The number of hydrogen-bond acceptors (Lipinski definition) is 3. The highest BCUT2D eigenvalue weighted by Crippen LogP contribution is 2.20. The van der Waals surface area contributed by atoms with Crippen molar-refractivity contribution in [3.8, 4) is 0 Å². The summed E-state index contributed by atoms with van der Waals surface area (Å²) >= 11 is 3.55. The molecule has 0 saturated carbocycles. The summed E-state index contributed by atoms with van der Waals surface area (Å²) in [5, 5.41) is 3.47. The van der Waals surface area contributed by atoms with E-state index in [1.54, 1.807) is 0 Å². The molecule has 0 radical (unpaired) electrons. The maximum Gasteiger partial charge on any atom is 0.0485 e. The zero-order valence-electron chi connectivity index (χ0n) is 10.3. The number of likely N-dealkylation sites (N-methyl/N-ethyl adjacent to an activating group) is 1. The van der Waals surface area contributed by atoms with Gasteiger partial charge in [0.1, 0.15) is 0 Å². The fraction of sp³-hybridized carbons (Fsp3) is 0.538. The summed E-state index contributed by atoms with van der Waals surface area (Å²) in [7, 11) is 2.19. The lowest BCUT2D eigenvalue weighted by atomic mass is 10.3. The van der Waals surface area contributed by atoms with Gasteiger partial charge in [0.05, 0.1) is 0 Å². The second-order valence-corrected chi connectivity index (χ2v) is 5.41. The van der Waals surface area contributed by atoms with E-state index in [4.69, 9.17) is 0 Å². The van der Waals surface area contributed by atoms with Crippen LogP contribution in [0.25, 0.3) is 0 Å². The van der Waals surface area contributed by atoms with Crippen LogP contribution in [-0.4, -0.2) is 56.1 Å². The molecule has 1 aromatic rings. The number of anilines is 1. The molecular weight excluding hydrogens is 278 g/mol. The summed E-state index contributed by atoms with van der Waals surface area (Å²) in [4.78, 5) is 4.90. The van der Waals surface area contributed by atoms with Crippen LogP contribution >= 0.6 is 15.9 Å². The molecule has 1 N–H and O–H groups in total. The van der Waals surface area contributed by atoms with Crippen molar-refractivity contribution in [2.45, 2.75) is 0 Å². The Kier molecular flexibility index (Phi) is 4.83. The van der Waals surface area contributed by atoms with Gasteiger partial charge in [-0.25, -0.2) is 0 Å². The third-order valence-electron chi connectivity index (χ3n) is 3.21. The summed E-state index contributed by atoms with van der Waals surface area (Å²) in [6.45, 7) is 6.88. The second-order valence-electron chi connectivity index (χ2n) is 4.55. The third-order valence-corrected chi connectivity index (χ3v) is 3.90. The van der Waals surface area contributed by atoms with Crippen molar-refractivity contribution in [3.63, 3.8) is 0 Å². The van der Waals surface area contributed by atoms with E-state index in [0.29, 0.717) is 0 Å². The molecule has 1 aliphatic rings. The molecule has 3 nitrogen and oxygen atoms in total. The number of nitrogens with one attached hydrogen (secondary N) is 1. The molecule has 1 aliphatic heterocycles. The van der Waals surface area contributed by atoms with Crippen LogP contribution in [0.15, 0.2) is 28.7 Å². The van der Waals surface area contributed by atoms with Crippen molar-refractivity contribution in [3.05, 3.63) is 28.7 Å². The molecule has 0 bridgehead atoms. The van der Waals surface area contributed by atoms with Crippen LogP contribution in [-0.2, 0) is 0 Å². The molecule has 1 fully saturated rings. The second kappa shape index (κ2) is 6.38. The van der Waals surface area contributed by atoms with Gasteiger partial charge in [0.25, 0.3) is 0 Å². The fourth-order valence-electron chi connectivity index (χ4n) is 2.02. The summed E-state index contributed by atoms with van der Waals surface area (Å²) in [5.74, 6) is 0. The SMILES string of the molecule is CN1CCN(CCNc2ccccc2Br)CC1. The fourth-order valence-corrected chi connectivity index (χ4v) is 2.45. The van der Waals surface area contributed by atoms with E-state index in [9.17, 15) is 0 Å².